The van der Waals surface area contributed by atoms with Crippen LogP contribution < -0.4 is 5.32 Å². The Labute approximate surface area is 189 Å². The predicted molar refractivity (Wildman–Crippen MR) is 125 cm³/mol. The average molecular weight is 450 g/mol. The average Bonchev–Trinajstić information content (AvgIpc) is 2.73. The summed E-state index contributed by atoms with van der Waals surface area (Å²) in [5.74, 6) is -0.707. The number of phenolic OH excluding ortho intramolecular Hbond substituents is 1. The Balaban J connectivity index is 1.79. The number of hydrogen-bond acceptors (Lipinski definition) is 4. The molecule has 5 nitrogen and oxygen atoms in total. The summed E-state index contributed by atoms with van der Waals surface area (Å²) < 4.78 is 0. The van der Waals surface area contributed by atoms with E-state index in [0.717, 1.165) is 10.9 Å². The lowest BCUT2D eigenvalue weighted by Gasteiger charge is -2.12. The highest BCUT2D eigenvalue weighted by Crippen LogP contribution is 2.40. The molecular weight excluding hydrogens is 433 g/mol. The van der Waals surface area contributed by atoms with Gasteiger partial charge in [-0.25, -0.2) is 0 Å². The first-order valence-electron chi connectivity index (χ1n) is 9.42. The normalized spacial score (nSPS) is 11.2. The summed E-state index contributed by atoms with van der Waals surface area (Å²) in [6.45, 7) is 1.89. The van der Waals surface area contributed by atoms with Crippen molar-refractivity contribution < 1.29 is 9.90 Å². The summed E-state index contributed by atoms with van der Waals surface area (Å²) in [7, 11) is 0. The maximum absolute atomic E-state index is 13.0. The molecule has 0 fully saturated rings. The quantitative estimate of drug-likeness (QED) is 0.311. The molecule has 4 rings (SSSR count). The number of anilines is 1. The maximum Gasteiger partial charge on any atom is 0.259 e. The van der Waals surface area contributed by atoms with Crippen LogP contribution in [0.4, 0.5) is 17.1 Å². The molecule has 0 aliphatic carbocycles. The van der Waals surface area contributed by atoms with E-state index in [1.165, 1.54) is 0 Å². The van der Waals surface area contributed by atoms with Crippen molar-refractivity contribution >= 4 is 56.9 Å². The zero-order valence-electron chi connectivity index (χ0n) is 16.4. The van der Waals surface area contributed by atoms with Crippen molar-refractivity contribution in [2.24, 2.45) is 10.2 Å². The molecule has 0 radical (unpaired) electrons. The number of para-hydroxylation sites is 1. The smallest absolute Gasteiger partial charge is 0.259 e. The number of halogens is 2. The van der Waals surface area contributed by atoms with Gasteiger partial charge < -0.3 is 10.4 Å². The number of amides is 1. The Morgan fingerprint density at radius 2 is 1.58 bits per heavy atom. The van der Waals surface area contributed by atoms with E-state index in [9.17, 15) is 9.90 Å². The predicted octanol–water partition coefficient (Wildman–Crippen LogP) is 7.83. The van der Waals surface area contributed by atoms with Crippen LogP contribution in [0.1, 0.15) is 15.9 Å². The summed E-state index contributed by atoms with van der Waals surface area (Å²) in [6.07, 6.45) is 0. The van der Waals surface area contributed by atoms with Gasteiger partial charge in [0.05, 0.1) is 11.3 Å². The van der Waals surface area contributed by atoms with Crippen LogP contribution in [0, 0.1) is 6.92 Å². The number of aromatic hydroxyl groups is 1. The van der Waals surface area contributed by atoms with Gasteiger partial charge in [0.1, 0.15) is 5.69 Å². The molecule has 7 heteroatoms. The van der Waals surface area contributed by atoms with Crippen molar-refractivity contribution in [2.45, 2.75) is 6.92 Å². The van der Waals surface area contributed by atoms with E-state index in [-0.39, 0.29) is 17.0 Å². The van der Waals surface area contributed by atoms with Gasteiger partial charge >= 0.3 is 0 Å². The molecule has 0 heterocycles. The van der Waals surface area contributed by atoms with Gasteiger partial charge in [-0.05, 0) is 48.2 Å². The maximum atomic E-state index is 13.0. The number of hydrogen-bond donors (Lipinski definition) is 2. The third kappa shape index (κ3) is 4.53. The fourth-order valence-electron chi connectivity index (χ4n) is 3.20. The van der Waals surface area contributed by atoms with Crippen LogP contribution in [0.3, 0.4) is 0 Å². The van der Waals surface area contributed by atoms with Gasteiger partial charge in [0.2, 0.25) is 0 Å². The molecule has 0 aliphatic heterocycles. The molecule has 0 saturated carbocycles. The molecule has 0 spiro atoms. The summed E-state index contributed by atoms with van der Waals surface area (Å²) >= 11 is 12.1. The number of fused-ring (bicyclic) bond motifs is 1. The van der Waals surface area contributed by atoms with Gasteiger partial charge in [-0.3, -0.25) is 4.79 Å². The molecule has 0 unspecified atom stereocenters. The Morgan fingerprint density at radius 3 is 2.32 bits per heavy atom. The molecule has 1 amide bonds. The topological polar surface area (TPSA) is 74.0 Å². The number of carbonyl (C=O) groups excluding carboxylic acids is 1. The lowest BCUT2D eigenvalue weighted by atomic mass is 10.0. The molecule has 0 bridgehead atoms. The van der Waals surface area contributed by atoms with Gasteiger partial charge in [-0.2, -0.15) is 5.11 Å². The number of phenols is 1. The molecule has 0 saturated heterocycles. The van der Waals surface area contributed by atoms with Crippen LogP contribution in [0.5, 0.6) is 5.75 Å². The third-order valence-electron chi connectivity index (χ3n) is 4.75. The standard InChI is InChI=1S/C24H17Cl2N3O2/c1-14-6-2-5-9-21(14)27-24(31)20-10-15-7-3-4-8-19(15)22(23(20)30)29-28-18-12-16(25)11-17(26)13-18/h2-13,30H,1H3,(H,27,31). The van der Waals surface area contributed by atoms with Gasteiger partial charge in [0, 0.05) is 21.1 Å². The highest BCUT2D eigenvalue weighted by Gasteiger charge is 2.19. The second-order valence-electron chi connectivity index (χ2n) is 6.94. The molecule has 4 aromatic carbocycles. The van der Waals surface area contributed by atoms with Crippen molar-refractivity contribution in [3.05, 3.63) is 94.0 Å². The van der Waals surface area contributed by atoms with Gasteiger partial charge in [-0.15, -0.1) is 5.11 Å². The second kappa shape index (κ2) is 8.76. The summed E-state index contributed by atoms with van der Waals surface area (Å²) in [6, 6.07) is 21.2. The van der Waals surface area contributed by atoms with Crippen LogP contribution in [0.2, 0.25) is 10.0 Å². The lowest BCUT2D eigenvalue weighted by Crippen LogP contribution is -2.13. The van der Waals surface area contributed by atoms with Crippen LogP contribution in [0.15, 0.2) is 83.0 Å². The molecular formula is C24H17Cl2N3O2. The number of nitrogens with one attached hydrogen (secondary N) is 1. The van der Waals surface area contributed by atoms with Crippen molar-refractivity contribution in [1.82, 2.24) is 0 Å². The first kappa shape index (κ1) is 20.8. The molecule has 0 atom stereocenters. The summed E-state index contributed by atoms with van der Waals surface area (Å²) in [5.41, 5.74) is 2.28. The van der Waals surface area contributed by atoms with Gasteiger partial charge in [0.15, 0.2) is 5.75 Å². The zero-order chi connectivity index (χ0) is 22.0. The fraction of sp³-hybridized carbons (Fsp3) is 0.0417. The number of benzene rings is 4. The molecule has 0 aromatic heterocycles. The summed E-state index contributed by atoms with van der Waals surface area (Å²) in [5, 5.41) is 24.4. The highest BCUT2D eigenvalue weighted by molar-refractivity contribution is 6.35. The zero-order valence-corrected chi connectivity index (χ0v) is 17.9. The third-order valence-corrected chi connectivity index (χ3v) is 5.18. The molecule has 2 N–H and O–H groups in total. The SMILES string of the molecule is Cc1ccccc1NC(=O)c1cc2ccccc2c(N=Nc2cc(Cl)cc(Cl)c2)c1O. The van der Waals surface area contributed by atoms with E-state index < -0.39 is 5.91 Å². The number of carbonyl (C=O) groups is 1. The number of aryl methyl sites for hydroxylation is 1. The minimum atomic E-state index is -0.445. The van der Waals surface area contributed by atoms with Crippen molar-refractivity contribution in [1.29, 1.82) is 0 Å². The Bertz CT molecular complexity index is 1320. The van der Waals surface area contributed by atoms with E-state index in [1.54, 1.807) is 36.4 Å². The van der Waals surface area contributed by atoms with E-state index in [0.29, 0.717) is 26.8 Å². The lowest BCUT2D eigenvalue weighted by molar-refractivity contribution is 0.102. The van der Waals surface area contributed by atoms with Gasteiger partial charge in [0.25, 0.3) is 5.91 Å². The second-order valence-corrected chi connectivity index (χ2v) is 7.81. The largest absolute Gasteiger partial charge is 0.505 e. The van der Waals surface area contributed by atoms with Gasteiger partial charge in [-0.1, -0.05) is 65.7 Å². The van der Waals surface area contributed by atoms with Crippen LogP contribution in [-0.4, -0.2) is 11.0 Å². The first-order valence-corrected chi connectivity index (χ1v) is 10.2. The minimum Gasteiger partial charge on any atom is -0.505 e. The highest BCUT2D eigenvalue weighted by atomic mass is 35.5. The minimum absolute atomic E-state index is 0.0972. The van der Waals surface area contributed by atoms with Crippen LogP contribution >= 0.6 is 23.2 Å². The molecule has 4 aromatic rings. The Kier molecular flexibility index (Phi) is 5.89. The summed E-state index contributed by atoms with van der Waals surface area (Å²) in [4.78, 5) is 13.0. The van der Waals surface area contributed by atoms with E-state index in [2.05, 4.69) is 15.5 Å². The van der Waals surface area contributed by atoms with E-state index >= 15 is 0 Å². The van der Waals surface area contributed by atoms with Crippen molar-refractivity contribution in [3.8, 4) is 5.75 Å². The Morgan fingerprint density at radius 1 is 0.903 bits per heavy atom. The van der Waals surface area contributed by atoms with Crippen molar-refractivity contribution in [2.75, 3.05) is 5.32 Å². The number of azo groups is 1. The molecule has 0 aliphatic rings. The fourth-order valence-corrected chi connectivity index (χ4v) is 3.71. The van der Waals surface area contributed by atoms with E-state index in [1.807, 2.05) is 43.3 Å². The molecule has 31 heavy (non-hydrogen) atoms. The number of rotatable bonds is 4. The van der Waals surface area contributed by atoms with Crippen molar-refractivity contribution in [3.63, 3.8) is 0 Å². The number of nitrogens with zero attached hydrogens (tertiary/aromatic N) is 2. The van der Waals surface area contributed by atoms with E-state index in [4.69, 9.17) is 23.2 Å². The van der Waals surface area contributed by atoms with Crippen LogP contribution in [-0.2, 0) is 0 Å². The molecule has 154 valence electrons. The monoisotopic (exact) mass is 449 g/mol. The first-order chi connectivity index (χ1) is 14.9. The Hall–Kier alpha value is -3.41. The van der Waals surface area contributed by atoms with Crippen LogP contribution in [0.25, 0.3) is 10.8 Å².